The summed E-state index contributed by atoms with van der Waals surface area (Å²) in [5.41, 5.74) is 2.06. The highest BCUT2D eigenvalue weighted by molar-refractivity contribution is 5.38. The summed E-state index contributed by atoms with van der Waals surface area (Å²) in [6, 6.07) is 8.45. The van der Waals surface area contributed by atoms with Crippen molar-refractivity contribution < 1.29 is 5.11 Å². The van der Waals surface area contributed by atoms with E-state index in [1.54, 1.807) is 0 Å². The minimum atomic E-state index is -0.492. The second-order valence-corrected chi connectivity index (χ2v) is 5.16. The molecule has 2 aliphatic rings. The first kappa shape index (κ1) is 10.3. The van der Waals surface area contributed by atoms with Gasteiger partial charge in [-0.15, -0.1) is 0 Å². The van der Waals surface area contributed by atoms with Crippen molar-refractivity contribution in [1.29, 1.82) is 0 Å². The highest BCUT2D eigenvalue weighted by Gasteiger charge is 2.44. The van der Waals surface area contributed by atoms with Crippen LogP contribution in [0.2, 0.25) is 0 Å². The minimum Gasteiger partial charge on any atom is -0.385 e. The van der Waals surface area contributed by atoms with Crippen LogP contribution < -0.4 is 5.32 Å². The normalized spacial score (nSPS) is 27.7. The van der Waals surface area contributed by atoms with Crippen molar-refractivity contribution in [3.8, 4) is 0 Å². The van der Waals surface area contributed by atoms with Gasteiger partial charge in [0.05, 0.1) is 5.60 Å². The molecule has 1 aliphatic heterocycles. The van der Waals surface area contributed by atoms with Crippen LogP contribution in [0, 0.1) is 0 Å². The molecule has 2 N–H and O–H groups in total. The largest absolute Gasteiger partial charge is 0.385 e. The Bertz CT molecular complexity index is 378. The zero-order valence-electron chi connectivity index (χ0n) is 9.58. The van der Waals surface area contributed by atoms with Crippen LogP contribution in [0.25, 0.3) is 0 Å². The molecule has 0 amide bonds. The van der Waals surface area contributed by atoms with Crippen molar-refractivity contribution in [3.05, 3.63) is 35.4 Å². The van der Waals surface area contributed by atoms with Crippen LogP contribution in [-0.4, -0.2) is 18.2 Å². The maximum absolute atomic E-state index is 10.3. The first-order valence-electron chi connectivity index (χ1n) is 6.32. The summed E-state index contributed by atoms with van der Waals surface area (Å²) in [6.07, 6.45) is 4.37. The Balaban J connectivity index is 1.93. The van der Waals surface area contributed by atoms with E-state index in [9.17, 15) is 5.11 Å². The van der Waals surface area contributed by atoms with Gasteiger partial charge in [0.15, 0.2) is 0 Å². The van der Waals surface area contributed by atoms with Crippen LogP contribution in [0.5, 0.6) is 0 Å². The Kier molecular flexibility index (Phi) is 2.49. The van der Waals surface area contributed by atoms with E-state index < -0.39 is 5.60 Å². The zero-order chi connectivity index (χ0) is 11.0. The number of piperidine rings is 1. The maximum Gasteiger partial charge on any atom is 0.0901 e. The second kappa shape index (κ2) is 3.86. The van der Waals surface area contributed by atoms with E-state index in [0.29, 0.717) is 5.92 Å². The molecule has 0 bridgehead atoms. The Morgan fingerprint density at radius 1 is 1.25 bits per heavy atom. The van der Waals surface area contributed by atoms with Crippen LogP contribution >= 0.6 is 0 Å². The average molecular weight is 217 g/mol. The first-order chi connectivity index (χ1) is 7.80. The van der Waals surface area contributed by atoms with Gasteiger partial charge in [0.2, 0.25) is 0 Å². The molecule has 1 saturated carbocycles. The molecule has 0 spiro atoms. The molecule has 1 atom stereocenters. The monoisotopic (exact) mass is 217 g/mol. The van der Waals surface area contributed by atoms with E-state index in [0.717, 1.165) is 25.9 Å². The fraction of sp³-hybridized carbons (Fsp3) is 0.571. The molecule has 2 nitrogen and oxygen atoms in total. The van der Waals surface area contributed by atoms with Crippen molar-refractivity contribution >= 4 is 0 Å². The van der Waals surface area contributed by atoms with Crippen molar-refractivity contribution in [2.45, 2.75) is 37.2 Å². The predicted molar refractivity (Wildman–Crippen MR) is 64.4 cm³/mol. The predicted octanol–water partition coefficient (Wildman–Crippen LogP) is 2.13. The van der Waals surface area contributed by atoms with Crippen LogP contribution in [-0.2, 0) is 5.60 Å². The molecule has 3 rings (SSSR count). The summed E-state index contributed by atoms with van der Waals surface area (Å²) in [4.78, 5) is 0. The molecule has 2 heteroatoms. The van der Waals surface area contributed by atoms with Gasteiger partial charge < -0.3 is 10.4 Å². The molecule has 16 heavy (non-hydrogen) atoms. The Morgan fingerprint density at radius 3 is 2.75 bits per heavy atom. The average Bonchev–Trinajstić information content (AvgIpc) is 3.10. The lowest BCUT2D eigenvalue weighted by molar-refractivity contribution is 0.149. The summed E-state index contributed by atoms with van der Waals surface area (Å²) in [6.45, 7) is 2.20. The van der Waals surface area contributed by atoms with Gasteiger partial charge in [0, 0.05) is 6.54 Å². The lowest BCUT2D eigenvalue weighted by Gasteiger charge is -2.26. The number of rotatable bonds is 2. The molecule has 1 aromatic rings. The van der Waals surface area contributed by atoms with E-state index in [4.69, 9.17) is 0 Å². The molecule has 1 aromatic carbocycles. The summed E-state index contributed by atoms with van der Waals surface area (Å²) >= 11 is 0. The molecular weight excluding hydrogens is 198 g/mol. The molecule has 0 aromatic heterocycles. The van der Waals surface area contributed by atoms with E-state index in [1.807, 2.05) is 6.07 Å². The third-order valence-corrected chi connectivity index (χ3v) is 3.92. The van der Waals surface area contributed by atoms with Crippen LogP contribution in [0.3, 0.4) is 0 Å². The molecule has 2 fully saturated rings. The van der Waals surface area contributed by atoms with Crippen LogP contribution in [0.4, 0.5) is 0 Å². The third-order valence-electron chi connectivity index (χ3n) is 3.92. The number of benzene rings is 1. The SMILES string of the molecule is OC1(c2ccccc2C2CCCNC2)CC1. The Hall–Kier alpha value is -0.860. The lowest BCUT2D eigenvalue weighted by Crippen LogP contribution is -2.29. The highest BCUT2D eigenvalue weighted by atomic mass is 16.3. The number of nitrogens with one attached hydrogen (secondary N) is 1. The van der Waals surface area contributed by atoms with Gasteiger partial charge in [0.25, 0.3) is 0 Å². The molecule has 1 heterocycles. The number of hydrogen-bond donors (Lipinski definition) is 2. The molecule has 1 unspecified atom stereocenters. The molecule has 86 valence electrons. The quantitative estimate of drug-likeness (QED) is 0.795. The smallest absolute Gasteiger partial charge is 0.0901 e. The first-order valence-corrected chi connectivity index (χ1v) is 6.32. The fourth-order valence-corrected chi connectivity index (χ4v) is 2.78. The molecule has 0 radical (unpaired) electrons. The number of aliphatic hydroxyl groups is 1. The van der Waals surface area contributed by atoms with E-state index in [2.05, 4.69) is 23.5 Å². The maximum atomic E-state index is 10.3. The van der Waals surface area contributed by atoms with E-state index in [1.165, 1.54) is 24.0 Å². The molecule has 1 saturated heterocycles. The Labute approximate surface area is 96.7 Å². The van der Waals surface area contributed by atoms with Gasteiger partial charge in [-0.05, 0) is 49.3 Å². The second-order valence-electron chi connectivity index (χ2n) is 5.16. The van der Waals surface area contributed by atoms with E-state index in [-0.39, 0.29) is 0 Å². The number of hydrogen-bond acceptors (Lipinski definition) is 2. The third kappa shape index (κ3) is 1.76. The zero-order valence-corrected chi connectivity index (χ0v) is 9.58. The molecule has 1 aliphatic carbocycles. The van der Waals surface area contributed by atoms with Crippen molar-refractivity contribution in [1.82, 2.24) is 5.32 Å². The minimum absolute atomic E-state index is 0.492. The fourth-order valence-electron chi connectivity index (χ4n) is 2.78. The standard InChI is InChI=1S/C14H19NO/c16-14(7-8-14)13-6-2-1-5-12(13)11-4-3-9-15-10-11/h1-2,5-6,11,15-16H,3-4,7-10H2. The van der Waals surface area contributed by atoms with Crippen molar-refractivity contribution in [3.63, 3.8) is 0 Å². The van der Waals surface area contributed by atoms with Crippen molar-refractivity contribution in [2.75, 3.05) is 13.1 Å². The highest BCUT2D eigenvalue weighted by Crippen LogP contribution is 2.48. The van der Waals surface area contributed by atoms with Crippen LogP contribution in [0.15, 0.2) is 24.3 Å². The molecular formula is C14H19NO. The van der Waals surface area contributed by atoms with Gasteiger partial charge in [0.1, 0.15) is 0 Å². The van der Waals surface area contributed by atoms with Gasteiger partial charge in [-0.3, -0.25) is 0 Å². The van der Waals surface area contributed by atoms with E-state index >= 15 is 0 Å². The topological polar surface area (TPSA) is 32.3 Å². The van der Waals surface area contributed by atoms with Gasteiger partial charge in [-0.25, -0.2) is 0 Å². The van der Waals surface area contributed by atoms with Gasteiger partial charge in [-0.1, -0.05) is 24.3 Å². The Morgan fingerprint density at radius 2 is 2.06 bits per heavy atom. The van der Waals surface area contributed by atoms with Gasteiger partial charge in [-0.2, -0.15) is 0 Å². The lowest BCUT2D eigenvalue weighted by atomic mass is 9.86. The van der Waals surface area contributed by atoms with Crippen molar-refractivity contribution in [2.24, 2.45) is 0 Å². The summed E-state index contributed by atoms with van der Waals surface area (Å²) in [5.74, 6) is 0.592. The summed E-state index contributed by atoms with van der Waals surface area (Å²) < 4.78 is 0. The van der Waals surface area contributed by atoms with Crippen LogP contribution in [0.1, 0.15) is 42.7 Å². The summed E-state index contributed by atoms with van der Waals surface area (Å²) in [7, 11) is 0. The van der Waals surface area contributed by atoms with Gasteiger partial charge >= 0.3 is 0 Å². The summed E-state index contributed by atoms with van der Waals surface area (Å²) in [5, 5.41) is 13.7.